The Morgan fingerprint density at radius 2 is 1.75 bits per heavy atom. The fourth-order valence-electron chi connectivity index (χ4n) is 4.45. The normalized spacial score (nSPS) is 25.9. The predicted molar refractivity (Wildman–Crippen MR) is 98.8 cm³/mol. The maximum absolute atomic E-state index is 6.32. The van der Waals surface area contributed by atoms with Crippen molar-refractivity contribution in [3.8, 4) is 0 Å². The zero-order valence-electron chi connectivity index (χ0n) is 14.7. The van der Waals surface area contributed by atoms with Gasteiger partial charge < -0.3 is 10.6 Å². The van der Waals surface area contributed by atoms with Crippen LogP contribution in [-0.4, -0.2) is 40.9 Å². The summed E-state index contributed by atoms with van der Waals surface area (Å²) in [5.41, 5.74) is 9.06. The highest BCUT2D eigenvalue weighted by atomic mass is 15.5. The molecule has 2 aliphatic heterocycles. The lowest BCUT2D eigenvalue weighted by Gasteiger charge is -2.38. The molecule has 1 aromatic rings. The van der Waals surface area contributed by atoms with Crippen molar-refractivity contribution in [2.45, 2.75) is 70.0 Å². The summed E-state index contributed by atoms with van der Waals surface area (Å²) in [5, 5.41) is 7.55. The highest BCUT2D eigenvalue weighted by Crippen LogP contribution is 2.29. The zero-order chi connectivity index (χ0) is 16.4. The van der Waals surface area contributed by atoms with Gasteiger partial charge in [-0.15, -0.1) is 0 Å². The van der Waals surface area contributed by atoms with E-state index in [4.69, 9.17) is 10.8 Å². The third-order valence-corrected chi connectivity index (χ3v) is 5.82. The van der Waals surface area contributed by atoms with E-state index in [1.165, 1.54) is 61.9 Å². The van der Waals surface area contributed by atoms with Gasteiger partial charge in [0.1, 0.15) is 0 Å². The molecule has 4 rings (SSSR count). The fraction of sp³-hybridized carbons (Fsp3) is 0.650. The van der Waals surface area contributed by atoms with Crippen molar-refractivity contribution >= 4 is 5.84 Å². The van der Waals surface area contributed by atoms with Crippen LogP contribution in [-0.2, 0) is 6.54 Å². The molecule has 130 valence electrons. The van der Waals surface area contributed by atoms with Gasteiger partial charge in [-0.25, -0.2) is 0 Å². The summed E-state index contributed by atoms with van der Waals surface area (Å²) in [4.78, 5) is 2.45. The summed E-state index contributed by atoms with van der Waals surface area (Å²) in [7, 11) is 0. The van der Waals surface area contributed by atoms with Crippen LogP contribution >= 0.6 is 0 Å². The monoisotopic (exact) mass is 326 g/mol. The molecule has 1 aliphatic carbocycles. The molecule has 1 aromatic carbocycles. The zero-order valence-corrected chi connectivity index (χ0v) is 14.7. The van der Waals surface area contributed by atoms with Crippen molar-refractivity contribution in [1.29, 1.82) is 0 Å². The third kappa shape index (κ3) is 3.30. The minimum Gasteiger partial charge on any atom is -0.353 e. The van der Waals surface area contributed by atoms with E-state index in [1.807, 2.05) is 0 Å². The smallest absolute Gasteiger partial charge is 0.156 e. The van der Waals surface area contributed by atoms with Gasteiger partial charge in [0.25, 0.3) is 0 Å². The molecule has 1 atom stereocenters. The van der Waals surface area contributed by atoms with Crippen molar-refractivity contribution in [3.05, 3.63) is 35.4 Å². The van der Waals surface area contributed by atoms with Gasteiger partial charge in [0.2, 0.25) is 0 Å². The van der Waals surface area contributed by atoms with Gasteiger partial charge in [-0.05, 0) is 31.2 Å². The van der Waals surface area contributed by atoms with E-state index in [-0.39, 0.29) is 6.04 Å². The van der Waals surface area contributed by atoms with Crippen molar-refractivity contribution in [1.82, 2.24) is 9.91 Å². The molecule has 2 N–H and O–H groups in total. The first-order valence-electron chi connectivity index (χ1n) is 9.75. The summed E-state index contributed by atoms with van der Waals surface area (Å²) in [6, 6.07) is 9.70. The van der Waals surface area contributed by atoms with Gasteiger partial charge in [-0.2, -0.15) is 5.10 Å². The Balaban J connectivity index is 1.65. The molecule has 1 saturated carbocycles. The number of rotatable bonds is 1. The number of likely N-dealkylation sites (tertiary alicyclic amines) is 1. The lowest BCUT2D eigenvalue weighted by atomic mass is 9.94. The molecule has 0 radical (unpaired) electrons. The SMILES string of the molecule is NC1CCCCN(C2=NN(C3CCCCC3)Cc3ccccc32)C1. The Hall–Kier alpha value is -1.55. The molecule has 0 amide bonds. The van der Waals surface area contributed by atoms with Gasteiger partial charge in [0, 0.05) is 30.7 Å². The Labute approximate surface area is 145 Å². The number of fused-ring (bicyclic) bond motifs is 1. The molecule has 0 aromatic heterocycles. The largest absolute Gasteiger partial charge is 0.353 e. The number of hydrogen-bond donors (Lipinski definition) is 1. The lowest BCUT2D eigenvalue weighted by molar-refractivity contribution is 0.147. The van der Waals surface area contributed by atoms with E-state index in [2.05, 4.69) is 34.2 Å². The molecule has 3 aliphatic rings. The molecule has 2 heterocycles. The van der Waals surface area contributed by atoms with Crippen LogP contribution in [0, 0.1) is 0 Å². The molecule has 24 heavy (non-hydrogen) atoms. The minimum atomic E-state index is 0.271. The van der Waals surface area contributed by atoms with E-state index in [0.29, 0.717) is 6.04 Å². The maximum atomic E-state index is 6.32. The maximum Gasteiger partial charge on any atom is 0.156 e. The van der Waals surface area contributed by atoms with Crippen LogP contribution in [0.1, 0.15) is 62.5 Å². The second-order valence-corrected chi connectivity index (χ2v) is 7.67. The summed E-state index contributed by atoms with van der Waals surface area (Å²) in [5.74, 6) is 1.17. The highest BCUT2D eigenvalue weighted by Gasteiger charge is 2.29. The van der Waals surface area contributed by atoms with E-state index in [0.717, 1.165) is 26.1 Å². The van der Waals surface area contributed by atoms with Gasteiger partial charge in [0.05, 0.1) is 6.54 Å². The average molecular weight is 326 g/mol. The number of nitrogens with two attached hydrogens (primary N) is 1. The van der Waals surface area contributed by atoms with Crippen LogP contribution < -0.4 is 5.73 Å². The topological polar surface area (TPSA) is 44.9 Å². The van der Waals surface area contributed by atoms with Gasteiger partial charge in [-0.1, -0.05) is 49.9 Å². The summed E-state index contributed by atoms with van der Waals surface area (Å²) < 4.78 is 0. The molecule has 4 heteroatoms. The van der Waals surface area contributed by atoms with E-state index >= 15 is 0 Å². The summed E-state index contributed by atoms with van der Waals surface area (Å²) in [6.07, 6.45) is 10.3. The van der Waals surface area contributed by atoms with Crippen LogP contribution in [0.2, 0.25) is 0 Å². The van der Waals surface area contributed by atoms with Crippen LogP contribution in [0.3, 0.4) is 0 Å². The van der Waals surface area contributed by atoms with Gasteiger partial charge in [-0.3, -0.25) is 5.01 Å². The predicted octanol–water partition coefficient (Wildman–Crippen LogP) is 3.31. The molecular formula is C20H30N4. The van der Waals surface area contributed by atoms with E-state index < -0.39 is 0 Å². The third-order valence-electron chi connectivity index (χ3n) is 5.82. The number of amidine groups is 1. The Morgan fingerprint density at radius 1 is 0.958 bits per heavy atom. The summed E-state index contributed by atoms with van der Waals surface area (Å²) >= 11 is 0. The van der Waals surface area contributed by atoms with Gasteiger partial charge >= 0.3 is 0 Å². The van der Waals surface area contributed by atoms with Crippen molar-refractivity contribution in [2.75, 3.05) is 13.1 Å². The Bertz CT molecular complexity index is 591. The van der Waals surface area contributed by atoms with Crippen molar-refractivity contribution in [2.24, 2.45) is 10.8 Å². The number of hydrazone groups is 1. The minimum absolute atomic E-state index is 0.271. The van der Waals surface area contributed by atoms with Crippen molar-refractivity contribution in [3.63, 3.8) is 0 Å². The highest BCUT2D eigenvalue weighted by molar-refractivity contribution is 6.00. The van der Waals surface area contributed by atoms with Crippen molar-refractivity contribution < 1.29 is 0 Å². The first-order chi connectivity index (χ1) is 11.8. The Kier molecular flexibility index (Phi) is 4.74. The van der Waals surface area contributed by atoms with Crippen LogP contribution in [0.25, 0.3) is 0 Å². The second kappa shape index (κ2) is 7.14. The number of hydrogen-bond acceptors (Lipinski definition) is 4. The number of benzene rings is 1. The first-order valence-corrected chi connectivity index (χ1v) is 9.75. The molecule has 2 fully saturated rings. The van der Waals surface area contributed by atoms with Gasteiger partial charge in [0.15, 0.2) is 5.84 Å². The first kappa shape index (κ1) is 15.9. The van der Waals surface area contributed by atoms with Crippen LogP contribution in [0.5, 0.6) is 0 Å². The van der Waals surface area contributed by atoms with Crippen LogP contribution in [0.4, 0.5) is 0 Å². The number of nitrogens with zero attached hydrogens (tertiary/aromatic N) is 3. The second-order valence-electron chi connectivity index (χ2n) is 7.67. The Morgan fingerprint density at radius 3 is 2.62 bits per heavy atom. The van der Waals surface area contributed by atoms with E-state index in [9.17, 15) is 0 Å². The molecule has 4 nitrogen and oxygen atoms in total. The van der Waals surface area contributed by atoms with Crippen LogP contribution in [0.15, 0.2) is 29.4 Å². The molecule has 1 unspecified atom stereocenters. The quantitative estimate of drug-likeness (QED) is 0.861. The molecule has 0 spiro atoms. The average Bonchev–Trinajstić information content (AvgIpc) is 2.86. The summed E-state index contributed by atoms with van der Waals surface area (Å²) in [6.45, 7) is 2.98. The van der Waals surface area contributed by atoms with E-state index in [1.54, 1.807) is 0 Å². The molecule has 0 bridgehead atoms. The fourth-order valence-corrected chi connectivity index (χ4v) is 4.45. The standard InChI is InChI=1S/C20H30N4/c21-17-9-6-7-13-23(15-17)20-19-12-5-4-8-16(19)14-24(22-20)18-10-2-1-3-11-18/h4-5,8,12,17-18H,1-3,6-7,9-11,13-15,21H2. The lowest BCUT2D eigenvalue weighted by Crippen LogP contribution is -2.45. The molecule has 1 saturated heterocycles. The molecular weight excluding hydrogens is 296 g/mol.